The molecule has 2 heterocycles. The molecule has 32 heteroatoms. The fraction of sp³-hybridized carbons (Fsp3) is 0.400. The molecular formula is C40H51N15O16S. The number of fused-ring (bicyclic) bond motifs is 1. The van der Waals surface area contributed by atoms with Crippen LogP contribution in [0.1, 0.15) is 48.2 Å². The number of carboxylic acids is 3. The third-order valence-electron chi connectivity index (χ3n) is 9.21. The Labute approximate surface area is 411 Å². The van der Waals surface area contributed by atoms with Crippen molar-refractivity contribution in [2.24, 2.45) is 0 Å². The molecule has 1 aromatic carbocycles. The number of benzene rings is 1. The van der Waals surface area contributed by atoms with Crippen LogP contribution in [0.15, 0.2) is 35.3 Å². The van der Waals surface area contributed by atoms with E-state index in [0.717, 1.165) is 0 Å². The summed E-state index contributed by atoms with van der Waals surface area (Å²) in [6, 6.07) is 0.988. The molecule has 9 amide bonds. The van der Waals surface area contributed by atoms with Crippen molar-refractivity contribution in [1.82, 2.24) is 67.8 Å². The van der Waals surface area contributed by atoms with Crippen LogP contribution >= 0.6 is 12.6 Å². The number of anilines is 2. The van der Waals surface area contributed by atoms with E-state index in [9.17, 15) is 72.5 Å². The average molecular weight is 1030 g/mol. The Hall–Kier alpha value is -8.97. The molecule has 3 atom stereocenters. The number of hydrogen-bond donors (Lipinski definition) is 16. The molecule has 0 spiro atoms. The maximum Gasteiger partial charge on any atom is 0.305 e. The zero-order valence-electron chi connectivity index (χ0n) is 37.8. The maximum absolute atomic E-state index is 12.8. The number of carbonyl (C=O) groups excluding carboxylic acids is 9. The number of aromatic amines is 1. The van der Waals surface area contributed by atoms with Gasteiger partial charge >= 0.3 is 17.9 Å². The molecule has 0 fully saturated rings. The van der Waals surface area contributed by atoms with Crippen molar-refractivity contribution < 1.29 is 72.9 Å². The Morgan fingerprint density at radius 3 is 1.58 bits per heavy atom. The first-order chi connectivity index (χ1) is 34.1. The van der Waals surface area contributed by atoms with Gasteiger partial charge in [-0.2, -0.15) is 17.6 Å². The van der Waals surface area contributed by atoms with Gasteiger partial charge in [-0.3, -0.25) is 67.3 Å². The minimum Gasteiger partial charge on any atom is -0.481 e. The number of nitrogens with one attached hydrogen (secondary N) is 11. The number of nitrogens with zero attached hydrogens (tertiary/aromatic N) is 3. The molecule has 0 aliphatic heterocycles. The third-order valence-corrected chi connectivity index (χ3v) is 9.44. The van der Waals surface area contributed by atoms with E-state index in [-0.39, 0.29) is 49.6 Å². The van der Waals surface area contributed by atoms with Gasteiger partial charge < -0.3 is 74.2 Å². The summed E-state index contributed by atoms with van der Waals surface area (Å²) < 4.78 is 0. The van der Waals surface area contributed by atoms with Crippen LogP contribution in [0, 0.1) is 0 Å². The Kier molecular flexibility index (Phi) is 23.2. The summed E-state index contributed by atoms with van der Waals surface area (Å²) in [7, 11) is 0. The second kappa shape index (κ2) is 29.1. The lowest BCUT2D eigenvalue weighted by molar-refractivity contribution is -0.141. The highest BCUT2D eigenvalue weighted by Crippen LogP contribution is 2.12. The number of rotatable bonds is 30. The summed E-state index contributed by atoms with van der Waals surface area (Å²) in [6.07, 6.45) is -1.55. The molecular weight excluding hydrogens is 979 g/mol. The van der Waals surface area contributed by atoms with E-state index in [0.29, 0.717) is 22.7 Å². The van der Waals surface area contributed by atoms with E-state index >= 15 is 0 Å². The molecule has 2 aromatic heterocycles. The summed E-state index contributed by atoms with van der Waals surface area (Å²) in [5.41, 5.74) is 6.46. The minimum atomic E-state index is -1.87. The summed E-state index contributed by atoms with van der Waals surface area (Å²) >= 11 is 3.91. The third kappa shape index (κ3) is 21.1. The lowest BCUT2D eigenvalue weighted by atomic mass is 10.1. The van der Waals surface area contributed by atoms with E-state index in [1.165, 1.54) is 6.20 Å². The van der Waals surface area contributed by atoms with Crippen molar-refractivity contribution in [3.05, 3.63) is 52.1 Å². The van der Waals surface area contributed by atoms with Crippen LogP contribution in [0.25, 0.3) is 11.2 Å². The maximum atomic E-state index is 12.8. The summed E-state index contributed by atoms with van der Waals surface area (Å²) in [6.45, 7) is -2.77. The van der Waals surface area contributed by atoms with Crippen LogP contribution in [0.2, 0.25) is 0 Å². The molecule has 0 saturated heterocycles. The van der Waals surface area contributed by atoms with Gasteiger partial charge in [-0.05, 0) is 30.7 Å². The number of nitrogen functional groups attached to an aromatic ring is 1. The van der Waals surface area contributed by atoms with Crippen molar-refractivity contribution in [2.75, 3.05) is 56.1 Å². The summed E-state index contributed by atoms with van der Waals surface area (Å²) in [5.74, 6) is -13.0. The minimum absolute atomic E-state index is 0.0201. The van der Waals surface area contributed by atoms with Crippen molar-refractivity contribution >= 4 is 107 Å². The molecule has 0 saturated carbocycles. The monoisotopic (exact) mass is 1030 g/mol. The Morgan fingerprint density at radius 1 is 0.611 bits per heavy atom. The van der Waals surface area contributed by atoms with Gasteiger partial charge in [0.2, 0.25) is 53.2 Å². The molecule has 72 heavy (non-hydrogen) atoms. The molecule has 31 nitrogen and oxygen atoms in total. The number of thiol groups is 1. The van der Waals surface area contributed by atoms with E-state index in [4.69, 9.17) is 10.8 Å². The highest BCUT2D eigenvalue weighted by atomic mass is 32.1. The predicted octanol–water partition coefficient (Wildman–Crippen LogP) is -6.19. The lowest BCUT2D eigenvalue weighted by Gasteiger charge is -2.20. The fourth-order valence-electron chi connectivity index (χ4n) is 5.83. The van der Waals surface area contributed by atoms with Gasteiger partial charge in [0, 0.05) is 36.5 Å². The van der Waals surface area contributed by atoms with Crippen LogP contribution in [-0.2, 0) is 59.3 Å². The molecule has 0 bridgehead atoms. The molecule has 0 radical (unpaired) electrons. The van der Waals surface area contributed by atoms with Crippen molar-refractivity contribution in [3.63, 3.8) is 0 Å². The van der Waals surface area contributed by atoms with Gasteiger partial charge in [0.05, 0.1) is 63.9 Å². The SMILES string of the molecule is Nc1nc2ncc(CNc3ccc(C(=O)NCCCC(=O)NCC(=O)N[C@@H](CC(=O)O)C(=O)NCC(=O)N[C@@H](CC(=O)O)C(=O)NCC(=O)N[C@@H](CC(=O)O)C(=O)NCC(=O)NCCS)cc3)nc2c(=O)[nH]1. The Morgan fingerprint density at radius 2 is 1.10 bits per heavy atom. The van der Waals surface area contributed by atoms with Crippen LogP contribution in [-0.4, -0.2) is 169 Å². The average Bonchev–Trinajstić information content (AvgIpc) is 3.32. The highest BCUT2D eigenvalue weighted by molar-refractivity contribution is 7.80. The standard InChI is InChI=1S/C40H51N15O16S/c41-40-54-34-33(39(71)55-40)50-21(14-46-34)13-44-20-5-3-19(4-6-20)35(67)43-7-1-2-25(56)45-16-27(58)51-23(11-31(63)64)37(69)48-18-29(60)53-24(12-32(65)66)38(70)49-17-28(59)52-22(10-30(61)62)36(68)47-15-26(57)42-8-9-72/h3-6,14,22-24,44,72H,1-2,7-13,15-18H2,(H,42,57)(H,43,67)(H,45,56)(H,47,68)(H,48,69)(H,49,70)(H,51,58)(H,52,59)(H,53,60)(H,61,62)(H,63,64)(H,65,66)(H3,41,46,54,55,71)/t22-,23-,24-/m0/s1. The largest absolute Gasteiger partial charge is 0.481 e. The first kappa shape index (κ1) is 57.3. The number of carbonyl (C=O) groups is 12. The van der Waals surface area contributed by atoms with Gasteiger partial charge in [0.25, 0.3) is 11.5 Å². The van der Waals surface area contributed by atoms with Crippen LogP contribution in [0.3, 0.4) is 0 Å². The second-order valence-corrected chi connectivity index (χ2v) is 15.4. The lowest BCUT2D eigenvalue weighted by Crippen LogP contribution is -2.55. The number of aliphatic carboxylic acids is 3. The van der Waals surface area contributed by atoms with E-state index in [1.807, 2.05) is 21.3 Å². The molecule has 3 rings (SSSR count). The molecule has 0 unspecified atom stereocenters. The second-order valence-electron chi connectivity index (χ2n) is 14.9. The van der Waals surface area contributed by atoms with E-state index in [2.05, 4.69) is 64.5 Å². The van der Waals surface area contributed by atoms with Crippen LogP contribution < -0.4 is 64.5 Å². The van der Waals surface area contributed by atoms with Crippen molar-refractivity contribution in [1.29, 1.82) is 0 Å². The molecule has 16 N–H and O–H groups in total. The first-order valence-corrected chi connectivity index (χ1v) is 21.9. The highest BCUT2D eigenvalue weighted by Gasteiger charge is 2.29. The smallest absolute Gasteiger partial charge is 0.305 e. The van der Waals surface area contributed by atoms with Gasteiger partial charge in [-0.15, -0.1) is 0 Å². The topological polar surface area (TPSA) is 483 Å². The van der Waals surface area contributed by atoms with Gasteiger partial charge in [-0.1, -0.05) is 0 Å². The number of carboxylic acid groups (broad SMARTS) is 3. The number of nitrogens with two attached hydrogens (primary N) is 1. The van der Waals surface area contributed by atoms with Crippen LogP contribution in [0.5, 0.6) is 0 Å². The number of hydrogen-bond acceptors (Lipinski definition) is 19. The molecule has 0 aliphatic carbocycles. The molecule has 388 valence electrons. The van der Waals surface area contributed by atoms with Gasteiger partial charge in [-0.25, -0.2) is 9.97 Å². The molecule has 0 aliphatic rings. The quantitative estimate of drug-likeness (QED) is 0.0218. The van der Waals surface area contributed by atoms with E-state index in [1.54, 1.807) is 24.3 Å². The fourth-order valence-corrected chi connectivity index (χ4v) is 5.94. The molecule has 3 aromatic rings. The van der Waals surface area contributed by atoms with Gasteiger partial charge in [0.15, 0.2) is 11.2 Å². The first-order valence-electron chi connectivity index (χ1n) is 21.3. The zero-order valence-corrected chi connectivity index (χ0v) is 38.7. The van der Waals surface area contributed by atoms with E-state index < -0.39 is 140 Å². The Balaban J connectivity index is 1.39. The van der Waals surface area contributed by atoms with Crippen molar-refractivity contribution in [2.45, 2.75) is 56.8 Å². The number of aromatic nitrogens is 4. The summed E-state index contributed by atoms with van der Waals surface area (Å²) in [4.78, 5) is 173. The Bertz CT molecular complexity index is 2580. The normalized spacial score (nSPS) is 11.8. The summed E-state index contributed by atoms with van der Waals surface area (Å²) in [5, 5.41) is 50.5. The van der Waals surface area contributed by atoms with Crippen LogP contribution in [0.4, 0.5) is 11.6 Å². The van der Waals surface area contributed by atoms with Crippen molar-refractivity contribution in [3.8, 4) is 0 Å². The van der Waals surface area contributed by atoms with Gasteiger partial charge in [0.1, 0.15) is 18.1 Å². The predicted molar refractivity (Wildman–Crippen MR) is 249 cm³/mol. The zero-order chi connectivity index (χ0) is 53.3. The number of amides is 9. The number of H-pyrrole nitrogens is 1.